The van der Waals surface area contributed by atoms with Gasteiger partial charge in [0.15, 0.2) is 0 Å². The van der Waals surface area contributed by atoms with Crippen molar-refractivity contribution in [1.82, 2.24) is 0 Å². The van der Waals surface area contributed by atoms with E-state index < -0.39 is 5.82 Å². The fraction of sp³-hybridized carbons (Fsp3) is 0.176. The van der Waals surface area contributed by atoms with Crippen LogP contribution in [0.1, 0.15) is 17.5 Å². The molecule has 0 fully saturated rings. The molecule has 2 rings (SSSR count). The van der Waals surface area contributed by atoms with Crippen molar-refractivity contribution in [2.45, 2.75) is 13.0 Å². The Morgan fingerprint density at radius 1 is 1.19 bits per heavy atom. The van der Waals surface area contributed by atoms with Crippen LogP contribution >= 0.6 is 11.6 Å². The zero-order valence-electron chi connectivity index (χ0n) is 11.3. The van der Waals surface area contributed by atoms with Crippen molar-refractivity contribution < 1.29 is 14.2 Å². The number of hydrogen-bond donors (Lipinski definition) is 1. The molecule has 0 radical (unpaired) electrons. The van der Waals surface area contributed by atoms with E-state index in [9.17, 15) is 4.39 Å². The Morgan fingerprint density at radius 2 is 2.00 bits per heavy atom. The Bertz CT molecular complexity index is 674. The van der Waals surface area contributed by atoms with Crippen LogP contribution in [0.25, 0.3) is 0 Å². The largest absolute Gasteiger partial charge is 0.487 e. The molecular weight excluding hydrogens is 291 g/mol. The molecule has 0 aromatic heterocycles. The van der Waals surface area contributed by atoms with Crippen LogP contribution in [-0.4, -0.2) is 11.7 Å². The lowest BCUT2D eigenvalue weighted by Gasteiger charge is -2.09. The first-order chi connectivity index (χ1) is 10.2. The summed E-state index contributed by atoms with van der Waals surface area (Å²) in [4.78, 5) is 0. The monoisotopic (exact) mass is 304 g/mol. The Labute approximate surface area is 128 Å². The molecule has 21 heavy (non-hydrogen) atoms. The molecule has 0 spiro atoms. The average molecular weight is 305 g/mol. The zero-order valence-corrected chi connectivity index (χ0v) is 12.0. The summed E-state index contributed by atoms with van der Waals surface area (Å²) in [5, 5.41) is 9.33. The van der Waals surface area contributed by atoms with Crippen LogP contribution in [0.15, 0.2) is 42.5 Å². The third kappa shape index (κ3) is 4.49. The molecule has 0 aliphatic rings. The van der Waals surface area contributed by atoms with Crippen LogP contribution in [0.2, 0.25) is 5.02 Å². The van der Waals surface area contributed by atoms with Crippen molar-refractivity contribution in [1.29, 1.82) is 0 Å². The molecular formula is C17H14ClFO2. The van der Waals surface area contributed by atoms with E-state index in [-0.39, 0.29) is 13.2 Å². The summed E-state index contributed by atoms with van der Waals surface area (Å²) in [6.07, 6.45) is 0.362. The van der Waals surface area contributed by atoms with Gasteiger partial charge in [0.05, 0.1) is 12.2 Å². The quantitative estimate of drug-likeness (QED) is 0.871. The number of ether oxygens (including phenoxy) is 1. The van der Waals surface area contributed by atoms with Gasteiger partial charge in [0.2, 0.25) is 0 Å². The highest BCUT2D eigenvalue weighted by Gasteiger charge is 2.06. The molecule has 0 atom stereocenters. The second-order valence-electron chi connectivity index (χ2n) is 4.30. The lowest BCUT2D eigenvalue weighted by molar-refractivity contribution is 0.303. The van der Waals surface area contributed by atoms with Gasteiger partial charge in [-0.05, 0) is 18.2 Å². The lowest BCUT2D eigenvalue weighted by Crippen LogP contribution is -1.98. The Hall–Kier alpha value is -2.02. The maximum atomic E-state index is 13.3. The molecule has 0 heterocycles. The number of hydrogen-bond acceptors (Lipinski definition) is 2. The third-order valence-corrected chi connectivity index (χ3v) is 3.11. The third-order valence-electron chi connectivity index (χ3n) is 2.74. The Balaban J connectivity index is 2.17. The maximum Gasteiger partial charge on any atom is 0.138 e. The molecule has 2 aromatic rings. The van der Waals surface area contributed by atoms with Gasteiger partial charge in [0.25, 0.3) is 0 Å². The number of halogens is 2. The maximum absolute atomic E-state index is 13.3. The summed E-state index contributed by atoms with van der Waals surface area (Å²) in [7, 11) is 0. The SMILES string of the molecule is OCCC#Cc1ccc(F)cc1OCc1ccccc1Cl. The standard InChI is InChI=1S/C17H14ClFO2/c18-16-7-2-1-6-14(16)12-21-17-11-15(19)9-8-13(17)5-3-4-10-20/h1-2,6-9,11,20H,4,10,12H2. The predicted octanol–water partition coefficient (Wildman–Crippen LogP) is 3.79. The minimum atomic E-state index is -0.392. The van der Waals surface area contributed by atoms with E-state index in [1.165, 1.54) is 12.1 Å². The molecule has 0 unspecified atom stereocenters. The molecule has 0 bridgehead atoms. The molecule has 0 aliphatic carbocycles. The van der Waals surface area contributed by atoms with Crippen LogP contribution < -0.4 is 4.74 Å². The second-order valence-corrected chi connectivity index (χ2v) is 4.70. The molecule has 4 heteroatoms. The van der Waals surface area contributed by atoms with Gasteiger partial charge in [-0.2, -0.15) is 0 Å². The minimum Gasteiger partial charge on any atom is -0.487 e. The van der Waals surface area contributed by atoms with Gasteiger partial charge in [-0.1, -0.05) is 41.6 Å². The summed E-state index contributed by atoms with van der Waals surface area (Å²) in [6, 6.07) is 11.5. The molecule has 2 nitrogen and oxygen atoms in total. The first-order valence-corrected chi connectivity index (χ1v) is 6.84. The molecule has 1 N–H and O–H groups in total. The summed E-state index contributed by atoms with van der Waals surface area (Å²) in [5.41, 5.74) is 1.40. The smallest absolute Gasteiger partial charge is 0.138 e. The first-order valence-electron chi connectivity index (χ1n) is 6.46. The Morgan fingerprint density at radius 3 is 2.76 bits per heavy atom. The fourth-order valence-corrected chi connectivity index (χ4v) is 1.89. The number of rotatable bonds is 4. The van der Waals surface area contributed by atoms with Gasteiger partial charge in [0, 0.05) is 23.1 Å². The number of aliphatic hydroxyl groups excluding tert-OH is 1. The van der Waals surface area contributed by atoms with E-state index in [0.717, 1.165) is 5.56 Å². The normalized spacial score (nSPS) is 9.86. The van der Waals surface area contributed by atoms with E-state index in [2.05, 4.69) is 11.8 Å². The van der Waals surface area contributed by atoms with Gasteiger partial charge in [-0.3, -0.25) is 0 Å². The molecule has 0 aliphatic heterocycles. The van der Waals surface area contributed by atoms with Gasteiger partial charge < -0.3 is 9.84 Å². The first kappa shape index (κ1) is 15.4. The highest BCUT2D eigenvalue weighted by molar-refractivity contribution is 6.31. The van der Waals surface area contributed by atoms with Crippen LogP contribution in [-0.2, 0) is 6.61 Å². The molecule has 0 amide bonds. The molecule has 2 aromatic carbocycles. The van der Waals surface area contributed by atoms with Crippen molar-refractivity contribution in [3.8, 4) is 17.6 Å². The summed E-state index contributed by atoms with van der Waals surface area (Å²) in [6.45, 7) is 0.224. The predicted molar refractivity (Wildman–Crippen MR) is 80.8 cm³/mol. The molecule has 108 valence electrons. The lowest BCUT2D eigenvalue weighted by atomic mass is 10.2. The molecule has 0 saturated carbocycles. The van der Waals surface area contributed by atoms with E-state index in [1.807, 2.05) is 18.2 Å². The van der Waals surface area contributed by atoms with E-state index in [0.29, 0.717) is 22.8 Å². The summed E-state index contributed by atoms with van der Waals surface area (Å²) in [5.74, 6) is 5.62. The van der Waals surface area contributed by atoms with E-state index >= 15 is 0 Å². The topological polar surface area (TPSA) is 29.5 Å². The van der Waals surface area contributed by atoms with Gasteiger partial charge in [-0.25, -0.2) is 4.39 Å². The van der Waals surface area contributed by atoms with Gasteiger partial charge in [0.1, 0.15) is 18.2 Å². The van der Waals surface area contributed by atoms with Crippen LogP contribution in [0.5, 0.6) is 5.75 Å². The summed E-state index contributed by atoms with van der Waals surface area (Å²) >= 11 is 6.05. The van der Waals surface area contributed by atoms with Crippen molar-refractivity contribution in [2.75, 3.05) is 6.61 Å². The van der Waals surface area contributed by atoms with E-state index in [1.54, 1.807) is 12.1 Å². The summed E-state index contributed by atoms with van der Waals surface area (Å²) < 4.78 is 19.0. The number of aliphatic hydroxyl groups is 1. The Kier molecular flexibility index (Phi) is 5.62. The highest BCUT2D eigenvalue weighted by atomic mass is 35.5. The van der Waals surface area contributed by atoms with Crippen LogP contribution in [0, 0.1) is 17.7 Å². The highest BCUT2D eigenvalue weighted by Crippen LogP contribution is 2.22. The van der Waals surface area contributed by atoms with Gasteiger partial charge >= 0.3 is 0 Å². The van der Waals surface area contributed by atoms with Crippen molar-refractivity contribution in [3.63, 3.8) is 0 Å². The number of benzene rings is 2. The van der Waals surface area contributed by atoms with Crippen molar-refractivity contribution in [3.05, 3.63) is 64.4 Å². The average Bonchev–Trinajstić information content (AvgIpc) is 2.48. The fourth-order valence-electron chi connectivity index (χ4n) is 1.70. The van der Waals surface area contributed by atoms with Crippen LogP contribution in [0.3, 0.4) is 0 Å². The van der Waals surface area contributed by atoms with Crippen molar-refractivity contribution in [2.24, 2.45) is 0 Å². The van der Waals surface area contributed by atoms with Gasteiger partial charge in [-0.15, -0.1) is 0 Å². The van der Waals surface area contributed by atoms with Crippen molar-refractivity contribution >= 4 is 11.6 Å². The molecule has 0 saturated heterocycles. The van der Waals surface area contributed by atoms with Crippen LogP contribution in [0.4, 0.5) is 4.39 Å². The second kappa shape index (κ2) is 7.68. The van der Waals surface area contributed by atoms with E-state index in [4.69, 9.17) is 21.4 Å². The zero-order chi connectivity index (χ0) is 15.1. The minimum absolute atomic E-state index is 0.00991.